The van der Waals surface area contributed by atoms with Gasteiger partial charge in [0, 0.05) is 9.90 Å². The molecule has 0 fully saturated rings. The summed E-state index contributed by atoms with van der Waals surface area (Å²) in [4.78, 5) is 9.97. The summed E-state index contributed by atoms with van der Waals surface area (Å²) in [6.45, 7) is 2.07. The third kappa shape index (κ3) is 3.81. The smallest absolute Gasteiger partial charge is 0.283 e. The first kappa shape index (κ1) is 19.5. The summed E-state index contributed by atoms with van der Waals surface area (Å²) in [5, 5.41) is 10.4. The summed E-state index contributed by atoms with van der Waals surface area (Å²) in [6.07, 6.45) is 1.55. The van der Waals surface area contributed by atoms with Gasteiger partial charge in [0.15, 0.2) is 0 Å². The van der Waals surface area contributed by atoms with E-state index in [0.717, 1.165) is 25.7 Å². The van der Waals surface area contributed by atoms with Crippen molar-refractivity contribution in [3.8, 4) is 21.9 Å². The highest BCUT2D eigenvalue weighted by atomic mass is 35.5. The van der Waals surface area contributed by atoms with Gasteiger partial charge < -0.3 is 4.42 Å². The van der Waals surface area contributed by atoms with Crippen molar-refractivity contribution in [3.05, 3.63) is 70.5 Å². The molecule has 0 bridgehead atoms. The molecule has 0 aliphatic carbocycles. The zero-order valence-corrected chi connectivity index (χ0v) is 18.6. The predicted molar refractivity (Wildman–Crippen MR) is 121 cm³/mol. The lowest BCUT2D eigenvalue weighted by Gasteiger charge is -1.99. The molecule has 0 aliphatic rings. The number of rotatable bonds is 4. The maximum atomic E-state index is 6.24. The summed E-state index contributed by atoms with van der Waals surface area (Å²) in [5.41, 5.74) is 3.89. The molecule has 30 heavy (non-hydrogen) atoms. The Balaban J connectivity index is 1.47. The maximum absolute atomic E-state index is 6.24. The summed E-state index contributed by atoms with van der Waals surface area (Å²) >= 11 is 15.1. The topological polar surface area (TPSA) is 64.7 Å². The number of fused-ring (bicyclic) bond motifs is 1. The Kier molecular flexibility index (Phi) is 5.20. The summed E-state index contributed by atoms with van der Waals surface area (Å²) in [7, 11) is 0. The number of hydrogen-bond acceptors (Lipinski definition) is 7. The molecular weight excluding hydrogens is 459 g/mol. The van der Waals surface area contributed by atoms with E-state index in [-0.39, 0.29) is 0 Å². The summed E-state index contributed by atoms with van der Waals surface area (Å²) in [6, 6.07) is 15.6. The molecule has 0 unspecified atom stereocenters. The lowest BCUT2D eigenvalue weighted by atomic mass is 10.1. The summed E-state index contributed by atoms with van der Waals surface area (Å²) < 4.78 is 6.78. The molecule has 5 rings (SSSR count). The fourth-order valence-electron chi connectivity index (χ4n) is 2.87. The Morgan fingerprint density at radius 2 is 1.80 bits per heavy atom. The Bertz CT molecular complexity index is 1370. The molecule has 0 radical (unpaired) electrons. The van der Waals surface area contributed by atoms with Crippen molar-refractivity contribution in [1.82, 2.24) is 20.2 Å². The van der Waals surface area contributed by atoms with Crippen LogP contribution in [0.3, 0.4) is 0 Å². The van der Waals surface area contributed by atoms with Crippen LogP contribution in [0.2, 0.25) is 10.0 Å². The third-order valence-electron chi connectivity index (χ3n) is 4.37. The highest BCUT2D eigenvalue weighted by Gasteiger charge is 2.17. The van der Waals surface area contributed by atoms with Gasteiger partial charge in [-0.05, 0) is 48.5 Å². The van der Waals surface area contributed by atoms with Gasteiger partial charge in [-0.2, -0.15) is 0 Å². The van der Waals surface area contributed by atoms with Crippen molar-refractivity contribution in [2.75, 3.05) is 0 Å². The molecule has 0 saturated heterocycles. The minimum absolute atomic E-state index is 0.330. The molecular formula is C21H12Cl2N4OS2. The zero-order chi connectivity index (χ0) is 20.7. The number of hydrogen-bond donors (Lipinski definition) is 0. The number of nitrogens with zero attached hydrogens (tertiary/aromatic N) is 4. The Morgan fingerprint density at radius 1 is 0.967 bits per heavy atom. The second-order valence-corrected chi connectivity index (χ2v) is 9.31. The van der Waals surface area contributed by atoms with Crippen molar-refractivity contribution in [2.45, 2.75) is 17.2 Å². The third-order valence-corrected chi connectivity index (χ3v) is 7.07. The molecule has 3 aromatic heterocycles. The number of thiophene rings is 1. The van der Waals surface area contributed by atoms with E-state index < -0.39 is 0 Å². The number of benzene rings is 2. The molecule has 0 spiro atoms. The quantitative estimate of drug-likeness (QED) is 0.259. The molecule has 2 aromatic carbocycles. The second kappa shape index (κ2) is 8.00. The van der Waals surface area contributed by atoms with Gasteiger partial charge in [0.05, 0.1) is 20.8 Å². The second-order valence-electron chi connectivity index (χ2n) is 6.47. The van der Waals surface area contributed by atoms with Crippen LogP contribution in [0.5, 0.6) is 0 Å². The minimum Gasteiger partial charge on any atom is -0.411 e. The average Bonchev–Trinajstić information content (AvgIpc) is 3.36. The van der Waals surface area contributed by atoms with E-state index in [2.05, 4.69) is 57.4 Å². The molecule has 5 aromatic rings. The van der Waals surface area contributed by atoms with Crippen molar-refractivity contribution in [1.29, 1.82) is 0 Å². The summed E-state index contributed by atoms with van der Waals surface area (Å²) in [5.74, 6) is 0.330. The van der Waals surface area contributed by atoms with Crippen LogP contribution in [-0.4, -0.2) is 20.2 Å². The van der Waals surface area contributed by atoms with Crippen LogP contribution in [-0.2, 0) is 0 Å². The van der Waals surface area contributed by atoms with Gasteiger partial charge in [-0.25, -0.2) is 9.97 Å². The first-order chi connectivity index (χ1) is 14.6. The van der Waals surface area contributed by atoms with Crippen LogP contribution in [0.25, 0.3) is 32.1 Å². The van der Waals surface area contributed by atoms with Gasteiger partial charge in [-0.1, -0.05) is 53.0 Å². The number of halogens is 2. The molecule has 0 saturated carbocycles. The van der Waals surface area contributed by atoms with Gasteiger partial charge in [-0.3, -0.25) is 0 Å². The Morgan fingerprint density at radius 3 is 2.60 bits per heavy atom. The van der Waals surface area contributed by atoms with Crippen molar-refractivity contribution in [2.24, 2.45) is 0 Å². The van der Waals surface area contributed by atoms with E-state index in [0.29, 0.717) is 26.7 Å². The molecule has 5 nitrogen and oxygen atoms in total. The van der Waals surface area contributed by atoms with E-state index in [1.54, 1.807) is 35.9 Å². The predicted octanol–water partition coefficient (Wildman–Crippen LogP) is 7.17. The molecule has 9 heteroatoms. The fourth-order valence-corrected chi connectivity index (χ4v) is 5.28. The maximum Gasteiger partial charge on any atom is 0.283 e. The van der Waals surface area contributed by atoms with E-state index in [1.165, 1.54) is 17.3 Å². The molecule has 0 N–H and O–H groups in total. The number of aryl methyl sites for hydroxylation is 1. The van der Waals surface area contributed by atoms with Crippen LogP contribution < -0.4 is 0 Å². The van der Waals surface area contributed by atoms with Gasteiger partial charge >= 0.3 is 0 Å². The fraction of sp³-hybridized carbons (Fsp3) is 0.0476. The zero-order valence-electron chi connectivity index (χ0n) is 15.5. The van der Waals surface area contributed by atoms with Crippen molar-refractivity contribution >= 4 is 56.5 Å². The highest BCUT2D eigenvalue weighted by Crippen LogP contribution is 2.39. The van der Waals surface area contributed by atoms with Crippen LogP contribution in [0.15, 0.2) is 69.5 Å². The van der Waals surface area contributed by atoms with E-state index in [1.807, 2.05) is 0 Å². The first-order valence-corrected chi connectivity index (χ1v) is 11.2. The van der Waals surface area contributed by atoms with Crippen LogP contribution in [0.4, 0.5) is 0 Å². The van der Waals surface area contributed by atoms with Gasteiger partial charge in [0.2, 0.25) is 5.89 Å². The average molecular weight is 471 g/mol. The molecule has 0 amide bonds. The van der Waals surface area contributed by atoms with Gasteiger partial charge in [0.25, 0.3) is 5.22 Å². The van der Waals surface area contributed by atoms with E-state index in [9.17, 15) is 0 Å². The van der Waals surface area contributed by atoms with Gasteiger partial charge in [-0.15, -0.1) is 21.5 Å². The highest BCUT2D eigenvalue weighted by molar-refractivity contribution is 7.99. The lowest BCUT2D eigenvalue weighted by Crippen LogP contribution is -1.82. The minimum atomic E-state index is 0.330. The monoisotopic (exact) mass is 470 g/mol. The van der Waals surface area contributed by atoms with Crippen LogP contribution in [0.1, 0.15) is 5.56 Å². The molecule has 148 valence electrons. The molecule has 3 heterocycles. The Hall–Kier alpha value is -2.45. The van der Waals surface area contributed by atoms with Crippen LogP contribution in [0, 0.1) is 6.92 Å². The van der Waals surface area contributed by atoms with Crippen LogP contribution >= 0.6 is 46.3 Å². The molecule has 0 aliphatic heterocycles. The normalized spacial score (nSPS) is 11.3. The van der Waals surface area contributed by atoms with E-state index >= 15 is 0 Å². The van der Waals surface area contributed by atoms with E-state index in [4.69, 9.17) is 27.6 Å². The molecule has 0 atom stereocenters. The lowest BCUT2D eigenvalue weighted by molar-refractivity contribution is 0.466. The SMILES string of the molecule is Cc1ccc(-c2cc3ncnc(Sc4nnc(-c5ccc(Cl)cc5Cl)o4)c3s2)cc1. The van der Waals surface area contributed by atoms with Gasteiger partial charge in [0.1, 0.15) is 11.4 Å². The first-order valence-electron chi connectivity index (χ1n) is 8.85. The largest absolute Gasteiger partial charge is 0.411 e. The Labute approximate surface area is 190 Å². The standard InChI is InChI=1S/C21H12Cl2N4OS2/c1-11-2-4-12(5-3-11)17-9-16-18(29-17)20(25-10-24-16)30-21-27-26-19(28-21)14-7-6-13(22)8-15(14)23/h2-10H,1H3. The van der Waals surface area contributed by atoms with Crippen molar-refractivity contribution < 1.29 is 4.42 Å². The van der Waals surface area contributed by atoms with Crippen molar-refractivity contribution in [3.63, 3.8) is 0 Å². The number of aromatic nitrogens is 4.